The number of carbonyl (C=O) groups is 2. The lowest BCUT2D eigenvalue weighted by Gasteiger charge is -2.20. The molecule has 0 saturated carbocycles. The molecule has 1 aromatic heterocycles. The summed E-state index contributed by atoms with van der Waals surface area (Å²) in [6.45, 7) is 0. The molecule has 1 aliphatic heterocycles. The molecule has 0 aromatic carbocycles. The zero-order valence-corrected chi connectivity index (χ0v) is 12.2. The molecule has 0 bridgehead atoms. The van der Waals surface area contributed by atoms with Crippen molar-refractivity contribution in [3.05, 3.63) is 6.07 Å². The Morgan fingerprint density at radius 3 is 2.52 bits per heavy atom. The third kappa shape index (κ3) is 3.45. The van der Waals surface area contributed by atoms with Crippen molar-refractivity contribution in [3.8, 4) is 11.8 Å². The minimum absolute atomic E-state index is 0.0164. The SMILES string of the molecule is COc1cc(OC)nc(NC(=O)N2CSCC2C(=O)O)n1. The molecule has 1 atom stereocenters. The molecule has 0 spiro atoms. The Balaban J connectivity index is 2.14. The number of anilines is 1. The fraction of sp³-hybridized carbons (Fsp3) is 0.455. The van der Waals surface area contributed by atoms with Crippen LogP contribution >= 0.6 is 11.8 Å². The largest absolute Gasteiger partial charge is 0.481 e. The highest BCUT2D eigenvalue weighted by atomic mass is 32.2. The fourth-order valence-corrected chi connectivity index (χ4v) is 2.83. The molecule has 1 aromatic rings. The number of nitrogens with zero attached hydrogens (tertiary/aromatic N) is 3. The highest BCUT2D eigenvalue weighted by Crippen LogP contribution is 2.23. The number of rotatable bonds is 4. The molecule has 1 aliphatic rings. The molecule has 2 amide bonds. The quantitative estimate of drug-likeness (QED) is 0.825. The number of carbonyl (C=O) groups excluding carboxylic acids is 1. The standard InChI is InChI=1S/C11H14N4O5S/c1-19-7-3-8(20-2)13-10(12-7)14-11(18)15-5-21-4-6(15)9(16)17/h3,6H,4-5H2,1-2H3,(H,16,17)(H,12,13,14,18). The van der Waals surface area contributed by atoms with Gasteiger partial charge in [0.25, 0.3) is 0 Å². The lowest BCUT2D eigenvalue weighted by molar-refractivity contribution is -0.140. The molecular formula is C11H14N4O5S. The number of carboxylic acids is 1. The van der Waals surface area contributed by atoms with E-state index in [4.69, 9.17) is 14.6 Å². The van der Waals surface area contributed by atoms with Crippen LogP contribution < -0.4 is 14.8 Å². The van der Waals surface area contributed by atoms with Gasteiger partial charge in [0.15, 0.2) is 0 Å². The van der Waals surface area contributed by atoms with Gasteiger partial charge in [-0.3, -0.25) is 5.32 Å². The van der Waals surface area contributed by atoms with Gasteiger partial charge in [0.05, 0.1) is 26.2 Å². The number of urea groups is 1. The molecule has 21 heavy (non-hydrogen) atoms. The molecule has 2 heterocycles. The summed E-state index contributed by atoms with van der Waals surface area (Å²) in [4.78, 5) is 32.3. The molecule has 2 N–H and O–H groups in total. The predicted octanol–water partition coefficient (Wildman–Crippen LogP) is 0.485. The molecule has 1 fully saturated rings. The molecule has 1 unspecified atom stereocenters. The number of aliphatic carboxylic acids is 1. The Bertz CT molecular complexity index is 533. The van der Waals surface area contributed by atoms with Crippen molar-refractivity contribution in [3.63, 3.8) is 0 Å². The Morgan fingerprint density at radius 1 is 1.38 bits per heavy atom. The van der Waals surface area contributed by atoms with Crippen molar-refractivity contribution >= 4 is 29.7 Å². The Morgan fingerprint density at radius 2 is 2.00 bits per heavy atom. The van der Waals surface area contributed by atoms with Crippen molar-refractivity contribution in [2.75, 3.05) is 31.2 Å². The van der Waals surface area contributed by atoms with Gasteiger partial charge in [0.2, 0.25) is 17.7 Å². The zero-order chi connectivity index (χ0) is 15.4. The van der Waals surface area contributed by atoms with Crippen LogP contribution in [0.4, 0.5) is 10.7 Å². The molecule has 114 valence electrons. The molecular weight excluding hydrogens is 300 g/mol. The van der Waals surface area contributed by atoms with E-state index in [2.05, 4.69) is 15.3 Å². The number of aromatic nitrogens is 2. The summed E-state index contributed by atoms with van der Waals surface area (Å²) in [5.74, 6) is 0.0385. The molecule has 1 saturated heterocycles. The lowest BCUT2D eigenvalue weighted by Crippen LogP contribution is -2.44. The van der Waals surface area contributed by atoms with E-state index in [9.17, 15) is 9.59 Å². The molecule has 9 nitrogen and oxygen atoms in total. The van der Waals surface area contributed by atoms with Crippen LogP contribution in [-0.2, 0) is 4.79 Å². The van der Waals surface area contributed by atoms with E-state index >= 15 is 0 Å². The minimum Gasteiger partial charge on any atom is -0.481 e. The second-order valence-corrected chi connectivity index (χ2v) is 5.03. The van der Waals surface area contributed by atoms with Gasteiger partial charge in [-0.2, -0.15) is 9.97 Å². The first-order chi connectivity index (χ1) is 10.0. The van der Waals surface area contributed by atoms with Gasteiger partial charge in [-0.05, 0) is 0 Å². The average molecular weight is 314 g/mol. The summed E-state index contributed by atoms with van der Waals surface area (Å²) in [6.07, 6.45) is 0. The number of ether oxygens (including phenoxy) is 2. The zero-order valence-electron chi connectivity index (χ0n) is 11.4. The number of amides is 2. The molecule has 0 radical (unpaired) electrons. The number of hydrogen-bond acceptors (Lipinski definition) is 7. The summed E-state index contributed by atoms with van der Waals surface area (Å²) < 4.78 is 9.94. The van der Waals surface area contributed by atoms with E-state index in [1.165, 1.54) is 36.9 Å². The van der Waals surface area contributed by atoms with Crippen LogP contribution in [0.3, 0.4) is 0 Å². The highest BCUT2D eigenvalue weighted by molar-refractivity contribution is 7.99. The summed E-state index contributed by atoms with van der Waals surface area (Å²) in [5.41, 5.74) is 0. The normalized spacial score (nSPS) is 17.4. The van der Waals surface area contributed by atoms with Crippen LogP contribution in [0.15, 0.2) is 6.07 Å². The van der Waals surface area contributed by atoms with Crippen molar-refractivity contribution in [2.45, 2.75) is 6.04 Å². The first kappa shape index (κ1) is 15.2. The molecule has 0 aliphatic carbocycles. The van der Waals surface area contributed by atoms with Gasteiger partial charge in [0.1, 0.15) is 6.04 Å². The van der Waals surface area contributed by atoms with Crippen LogP contribution in [0.2, 0.25) is 0 Å². The number of nitrogens with one attached hydrogen (secondary N) is 1. The van der Waals surface area contributed by atoms with E-state index < -0.39 is 18.0 Å². The van der Waals surface area contributed by atoms with Crippen molar-refractivity contribution in [2.24, 2.45) is 0 Å². The van der Waals surface area contributed by atoms with Crippen molar-refractivity contribution < 1.29 is 24.2 Å². The van der Waals surface area contributed by atoms with Crippen LogP contribution in [0, 0.1) is 0 Å². The van der Waals surface area contributed by atoms with E-state index in [-0.39, 0.29) is 17.7 Å². The first-order valence-electron chi connectivity index (χ1n) is 5.90. The van der Waals surface area contributed by atoms with E-state index in [1.807, 2.05) is 0 Å². The van der Waals surface area contributed by atoms with Gasteiger partial charge >= 0.3 is 12.0 Å². The summed E-state index contributed by atoms with van der Waals surface area (Å²) >= 11 is 1.37. The minimum atomic E-state index is -1.04. The maximum Gasteiger partial charge on any atom is 0.327 e. The fourth-order valence-electron chi connectivity index (χ4n) is 1.68. The van der Waals surface area contributed by atoms with E-state index in [1.54, 1.807) is 0 Å². The second kappa shape index (κ2) is 6.48. The summed E-state index contributed by atoms with van der Waals surface area (Å²) in [6, 6.07) is 0.0201. The van der Waals surface area contributed by atoms with Crippen molar-refractivity contribution in [1.29, 1.82) is 0 Å². The first-order valence-corrected chi connectivity index (χ1v) is 7.06. The maximum atomic E-state index is 12.1. The topological polar surface area (TPSA) is 114 Å². The summed E-state index contributed by atoms with van der Waals surface area (Å²) in [5, 5.41) is 11.5. The third-order valence-electron chi connectivity index (χ3n) is 2.74. The van der Waals surface area contributed by atoms with Crippen LogP contribution in [0.5, 0.6) is 11.8 Å². The Hall–Kier alpha value is -2.23. The van der Waals surface area contributed by atoms with Crippen LogP contribution in [0.1, 0.15) is 0 Å². The number of thioether (sulfide) groups is 1. The van der Waals surface area contributed by atoms with Crippen LogP contribution in [0.25, 0.3) is 0 Å². The Kier molecular flexibility index (Phi) is 4.68. The lowest BCUT2D eigenvalue weighted by atomic mass is 10.3. The second-order valence-electron chi connectivity index (χ2n) is 4.03. The smallest absolute Gasteiger partial charge is 0.327 e. The third-order valence-corrected chi connectivity index (χ3v) is 3.76. The molecule has 10 heteroatoms. The van der Waals surface area contributed by atoms with Gasteiger partial charge in [-0.15, -0.1) is 11.8 Å². The van der Waals surface area contributed by atoms with E-state index in [0.29, 0.717) is 11.6 Å². The summed E-state index contributed by atoms with van der Waals surface area (Å²) in [7, 11) is 2.84. The number of methoxy groups -OCH3 is 2. The van der Waals surface area contributed by atoms with Gasteiger partial charge in [-0.25, -0.2) is 9.59 Å². The van der Waals surface area contributed by atoms with E-state index in [0.717, 1.165) is 0 Å². The monoisotopic (exact) mass is 314 g/mol. The predicted molar refractivity (Wildman–Crippen MR) is 74.7 cm³/mol. The van der Waals surface area contributed by atoms with Crippen molar-refractivity contribution in [1.82, 2.24) is 14.9 Å². The average Bonchev–Trinajstić information content (AvgIpc) is 2.96. The van der Waals surface area contributed by atoms with Crippen LogP contribution in [-0.4, -0.2) is 63.9 Å². The van der Waals surface area contributed by atoms with Gasteiger partial charge in [-0.1, -0.05) is 0 Å². The maximum absolute atomic E-state index is 12.1. The molecule has 2 rings (SSSR count). The highest BCUT2D eigenvalue weighted by Gasteiger charge is 2.35. The number of carboxylic acid groups (broad SMARTS) is 1. The van der Waals surface area contributed by atoms with Gasteiger partial charge < -0.3 is 19.5 Å². The van der Waals surface area contributed by atoms with Gasteiger partial charge in [0, 0.05) is 5.75 Å². The number of hydrogen-bond donors (Lipinski definition) is 2. The Labute approximate surface area is 124 Å².